The number of rotatable bonds is 1. The van der Waals surface area contributed by atoms with Crippen molar-refractivity contribution < 1.29 is 4.74 Å². The first kappa shape index (κ1) is 10.1. The zero-order valence-electron chi connectivity index (χ0n) is 8.58. The summed E-state index contributed by atoms with van der Waals surface area (Å²) in [5.74, 6) is 0. The van der Waals surface area contributed by atoms with E-state index in [2.05, 4.69) is 18.4 Å². The predicted molar refractivity (Wildman–Crippen MR) is 59.6 cm³/mol. The minimum absolute atomic E-state index is 0.130. The van der Waals surface area contributed by atoms with Crippen LogP contribution in [0.4, 0.5) is 0 Å². The van der Waals surface area contributed by atoms with E-state index in [1.54, 1.807) is 11.3 Å². The van der Waals surface area contributed by atoms with Crippen LogP contribution in [0.2, 0.25) is 0 Å². The van der Waals surface area contributed by atoms with Crippen LogP contribution in [0.15, 0.2) is 11.4 Å². The molecule has 2 N–H and O–H groups in total. The van der Waals surface area contributed by atoms with Gasteiger partial charge in [-0.15, -0.1) is 11.3 Å². The molecule has 0 saturated carbocycles. The van der Waals surface area contributed by atoms with Crippen LogP contribution in [0.5, 0.6) is 0 Å². The molecule has 3 heteroatoms. The molecule has 2 nitrogen and oxygen atoms in total. The highest BCUT2D eigenvalue weighted by Crippen LogP contribution is 2.35. The second-order valence-corrected chi connectivity index (χ2v) is 4.97. The highest BCUT2D eigenvalue weighted by molar-refractivity contribution is 7.10. The van der Waals surface area contributed by atoms with Crippen LogP contribution < -0.4 is 5.73 Å². The normalized spacial score (nSPS) is 28.7. The summed E-state index contributed by atoms with van der Waals surface area (Å²) >= 11 is 1.78. The summed E-state index contributed by atoms with van der Waals surface area (Å²) in [5, 5.41) is 2.13. The average Bonchev–Trinajstić information content (AvgIpc) is 2.46. The molecule has 1 aromatic rings. The average molecular weight is 211 g/mol. The van der Waals surface area contributed by atoms with Crippen molar-refractivity contribution in [3.05, 3.63) is 21.9 Å². The molecular formula is C11H17NOS. The van der Waals surface area contributed by atoms with Crippen molar-refractivity contribution in [2.45, 2.75) is 31.7 Å². The Morgan fingerprint density at radius 1 is 1.43 bits per heavy atom. The van der Waals surface area contributed by atoms with Gasteiger partial charge in [-0.3, -0.25) is 0 Å². The second kappa shape index (κ2) is 4.01. The SMILES string of the molecule is Cc1ccsc1C1(N)CCCOCC1. The quantitative estimate of drug-likeness (QED) is 0.774. The fourth-order valence-corrected chi connectivity index (χ4v) is 3.18. The molecular weight excluding hydrogens is 194 g/mol. The van der Waals surface area contributed by atoms with E-state index in [-0.39, 0.29) is 5.54 Å². The summed E-state index contributed by atoms with van der Waals surface area (Å²) in [7, 11) is 0. The van der Waals surface area contributed by atoms with Crippen molar-refractivity contribution in [1.29, 1.82) is 0 Å². The van der Waals surface area contributed by atoms with Crippen LogP contribution in [0.3, 0.4) is 0 Å². The van der Waals surface area contributed by atoms with Crippen molar-refractivity contribution in [1.82, 2.24) is 0 Å². The van der Waals surface area contributed by atoms with E-state index in [0.29, 0.717) is 0 Å². The lowest BCUT2D eigenvalue weighted by molar-refractivity contribution is 0.139. The number of hydrogen-bond donors (Lipinski definition) is 1. The molecule has 78 valence electrons. The van der Waals surface area contributed by atoms with Gasteiger partial charge in [-0.05, 0) is 43.2 Å². The maximum Gasteiger partial charge on any atom is 0.0529 e. The van der Waals surface area contributed by atoms with Crippen molar-refractivity contribution >= 4 is 11.3 Å². The predicted octanol–water partition coefficient (Wildman–Crippen LogP) is 2.41. The second-order valence-electron chi connectivity index (χ2n) is 4.05. The van der Waals surface area contributed by atoms with Gasteiger partial charge in [-0.2, -0.15) is 0 Å². The lowest BCUT2D eigenvalue weighted by Crippen LogP contribution is -2.36. The van der Waals surface area contributed by atoms with Crippen LogP contribution in [0.25, 0.3) is 0 Å². The van der Waals surface area contributed by atoms with E-state index >= 15 is 0 Å². The molecule has 1 aromatic heterocycles. The van der Waals surface area contributed by atoms with Gasteiger partial charge in [0.2, 0.25) is 0 Å². The van der Waals surface area contributed by atoms with Crippen molar-refractivity contribution in [3.63, 3.8) is 0 Å². The third-order valence-electron chi connectivity index (χ3n) is 2.92. The van der Waals surface area contributed by atoms with Crippen molar-refractivity contribution in [2.75, 3.05) is 13.2 Å². The maximum atomic E-state index is 6.46. The Kier molecular flexibility index (Phi) is 2.91. The summed E-state index contributed by atoms with van der Waals surface area (Å²) < 4.78 is 5.45. The molecule has 1 unspecified atom stereocenters. The molecule has 1 aliphatic rings. The largest absolute Gasteiger partial charge is 0.381 e. The van der Waals surface area contributed by atoms with Gasteiger partial charge in [0.05, 0.1) is 5.54 Å². The van der Waals surface area contributed by atoms with Gasteiger partial charge < -0.3 is 10.5 Å². The topological polar surface area (TPSA) is 35.2 Å². The van der Waals surface area contributed by atoms with Crippen LogP contribution in [0.1, 0.15) is 29.7 Å². The summed E-state index contributed by atoms with van der Waals surface area (Å²) in [5.41, 5.74) is 7.66. The molecule has 1 saturated heterocycles. The van der Waals surface area contributed by atoms with E-state index < -0.39 is 0 Å². The minimum Gasteiger partial charge on any atom is -0.381 e. The van der Waals surface area contributed by atoms with Gasteiger partial charge in [-0.25, -0.2) is 0 Å². The zero-order chi connectivity index (χ0) is 10.0. The van der Waals surface area contributed by atoms with Crippen molar-refractivity contribution in [2.24, 2.45) is 5.73 Å². The maximum absolute atomic E-state index is 6.46. The van der Waals surface area contributed by atoms with Crippen LogP contribution in [-0.2, 0) is 10.3 Å². The van der Waals surface area contributed by atoms with Gasteiger partial charge in [0.1, 0.15) is 0 Å². The highest BCUT2D eigenvalue weighted by Gasteiger charge is 2.30. The Morgan fingerprint density at radius 2 is 2.29 bits per heavy atom. The van der Waals surface area contributed by atoms with E-state index in [1.807, 2.05) is 0 Å². The van der Waals surface area contributed by atoms with Crippen molar-refractivity contribution in [3.8, 4) is 0 Å². The summed E-state index contributed by atoms with van der Waals surface area (Å²) in [6.07, 6.45) is 3.08. The van der Waals surface area contributed by atoms with Crippen LogP contribution in [0, 0.1) is 6.92 Å². The molecule has 1 aliphatic heterocycles. The molecule has 0 radical (unpaired) electrons. The molecule has 0 bridgehead atoms. The van der Waals surface area contributed by atoms with Gasteiger partial charge in [0.25, 0.3) is 0 Å². The number of aryl methyl sites for hydroxylation is 1. The smallest absolute Gasteiger partial charge is 0.0529 e. The Hall–Kier alpha value is -0.380. The zero-order valence-corrected chi connectivity index (χ0v) is 9.40. The van der Waals surface area contributed by atoms with Crippen LogP contribution >= 0.6 is 11.3 Å². The Labute approximate surface area is 89.1 Å². The number of hydrogen-bond acceptors (Lipinski definition) is 3. The van der Waals surface area contributed by atoms with Crippen LogP contribution in [-0.4, -0.2) is 13.2 Å². The number of thiophene rings is 1. The van der Waals surface area contributed by atoms with E-state index in [4.69, 9.17) is 10.5 Å². The summed E-state index contributed by atoms with van der Waals surface area (Å²) in [4.78, 5) is 1.35. The molecule has 1 atom stereocenters. The van der Waals surface area contributed by atoms with Gasteiger partial charge in [-0.1, -0.05) is 0 Å². The molecule has 0 amide bonds. The first-order valence-electron chi connectivity index (χ1n) is 5.13. The Morgan fingerprint density at radius 3 is 3.00 bits per heavy atom. The standard InChI is InChI=1S/C11H17NOS/c1-9-3-8-14-10(9)11(12)4-2-6-13-7-5-11/h3,8H,2,4-7,12H2,1H3. The van der Waals surface area contributed by atoms with E-state index in [0.717, 1.165) is 32.5 Å². The third kappa shape index (κ3) is 1.85. The Bertz CT molecular complexity index is 300. The molecule has 14 heavy (non-hydrogen) atoms. The summed E-state index contributed by atoms with van der Waals surface area (Å²) in [6.45, 7) is 3.81. The monoisotopic (exact) mass is 211 g/mol. The first-order valence-corrected chi connectivity index (χ1v) is 6.01. The lowest BCUT2D eigenvalue weighted by Gasteiger charge is -2.27. The molecule has 0 aliphatic carbocycles. The minimum atomic E-state index is -0.130. The summed E-state index contributed by atoms with van der Waals surface area (Å²) in [6, 6.07) is 2.15. The fraction of sp³-hybridized carbons (Fsp3) is 0.636. The van der Waals surface area contributed by atoms with Gasteiger partial charge >= 0.3 is 0 Å². The molecule has 2 rings (SSSR count). The first-order chi connectivity index (χ1) is 6.72. The van der Waals surface area contributed by atoms with E-state index in [1.165, 1.54) is 10.4 Å². The molecule has 2 heterocycles. The lowest BCUT2D eigenvalue weighted by atomic mass is 9.88. The fourth-order valence-electron chi connectivity index (χ4n) is 2.08. The highest BCUT2D eigenvalue weighted by atomic mass is 32.1. The Balaban J connectivity index is 2.25. The van der Waals surface area contributed by atoms with Gasteiger partial charge in [0.15, 0.2) is 0 Å². The molecule has 1 fully saturated rings. The third-order valence-corrected chi connectivity index (χ3v) is 4.15. The number of nitrogens with two attached hydrogens (primary N) is 1. The van der Waals surface area contributed by atoms with Gasteiger partial charge in [0, 0.05) is 18.1 Å². The molecule has 0 spiro atoms. The number of ether oxygens (including phenoxy) is 1. The van der Waals surface area contributed by atoms with E-state index in [9.17, 15) is 0 Å². The molecule has 0 aromatic carbocycles.